The van der Waals surface area contributed by atoms with Gasteiger partial charge in [-0.2, -0.15) is 0 Å². The van der Waals surface area contributed by atoms with Crippen molar-refractivity contribution in [3.8, 4) is 0 Å². The maximum absolute atomic E-state index is 11.9. The van der Waals surface area contributed by atoms with Gasteiger partial charge in [0, 0.05) is 15.7 Å². The lowest BCUT2D eigenvalue weighted by atomic mass is 10.1. The molecule has 0 bridgehead atoms. The molecular weight excluding hydrogens is 290 g/mol. The number of nitrogens with one attached hydrogen (secondary N) is 1. The normalized spacial score (nSPS) is 9.83. The minimum Gasteiger partial charge on any atom is -0.322 e. The summed E-state index contributed by atoms with van der Waals surface area (Å²) in [6.45, 7) is 3.87. The van der Waals surface area contributed by atoms with Crippen LogP contribution in [0.1, 0.15) is 15.9 Å². The summed E-state index contributed by atoms with van der Waals surface area (Å²) in [5.41, 5.74) is 2.11. The van der Waals surface area contributed by atoms with Gasteiger partial charge in [-0.15, -0.1) is 0 Å². The minimum atomic E-state index is -0.150. The Morgan fingerprint density at radius 1 is 0.944 bits per heavy atom. The van der Waals surface area contributed by atoms with Crippen LogP contribution in [-0.2, 0) is 0 Å². The predicted octanol–water partition coefficient (Wildman–Crippen LogP) is 3.85. The van der Waals surface area contributed by atoms with Gasteiger partial charge in [-0.1, -0.05) is 52.8 Å². The second-order valence-corrected chi connectivity index (χ2v) is 4.72. The highest BCUT2D eigenvalue weighted by Gasteiger charge is 2.06. The van der Waals surface area contributed by atoms with Crippen LogP contribution in [0.15, 0.2) is 65.6 Å². The standard InChI is InChI=1S/C15H12BrNO/c1-11(12-7-9-14(16)10-8-12)17-15(18)13-5-3-2-4-6-13/h2-10H,1H2,(H,17,18). The summed E-state index contributed by atoms with van der Waals surface area (Å²) in [6, 6.07) is 16.7. The summed E-state index contributed by atoms with van der Waals surface area (Å²) < 4.78 is 0.994. The van der Waals surface area contributed by atoms with Crippen molar-refractivity contribution in [3.63, 3.8) is 0 Å². The zero-order valence-corrected chi connectivity index (χ0v) is 11.3. The number of hydrogen-bond acceptors (Lipinski definition) is 1. The Balaban J connectivity index is 2.08. The Kier molecular flexibility index (Phi) is 3.95. The van der Waals surface area contributed by atoms with Gasteiger partial charge in [0.15, 0.2) is 0 Å². The topological polar surface area (TPSA) is 29.1 Å². The fraction of sp³-hybridized carbons (Fsp3) is 0. The van der Waals surface area contributed by atoms with Crippen LogP contribution < -0.4 is 5.32 Å². The van der Waals surface area contributed by atoms with Gasteiger partial charge < -0.3 is 5.32 Å². The summed E-state index contributed by atoms with van der Waals surface area (Å²) in [4.78, 5) is 11.9. The van der Waals surface area contributed by atoms with E-state index in [2.05, 4.69) is 27.8 Å². The molecule has 0 aliphatic heterocycles. The molecule has 1 N–H and O–H groups in total. The van der Waals surface area contributed by atoms with Crippen LogP contribution in [0.2, 0.25) is 0 Å². The SMILES string of the molecule is C=C(NC(=O)c1ccccc1)c1ccc(Br)cc1. The number of carbonyl (C=O) groups excluding carboxylic acids is 1. The second kappa shape index (κ2) is 5.65. The van der Waals surface area contributed by atoms with Crippen molar-refractivity contribution in [2.24, 2.45) is 0 Å². The van der Waals surface area contributed by atoms with Crippen LogP contribution in [-0.4, -0.2) is 5.91 Å². The molecule has 2 aromatic rings. The number of amides is 1. The van der Waals surface area contributed by atoms with E-state index in [0.717, 1.165) is 10.0 Å². The van der Waals surface area contributed by atoms with Crippen molar-refractivity contribution in [2.45, 2.75) is 0 Å². The number of rotatable bonds is 3. The molecule has 0 aromatic heterocycles. The maximum Gasteiger partial charge on any atom is 0.255 e. The molecule has 0 aliphatic rings. The third-order valence-corrected chi connectivity index (χ3v) is 3.02. The molecule has 0 saturated heterocycles. The fourth-order valence-electron chi connectivity index (χ4n) is 1.52. The van der Waals surface area contributed by atoms with Crippen molar-refractivity contribution in [3.05, 3.63) is 76.8 Å². The number of hydrogen-bond donors (Lipinski definition) is 1. The van der Waals surface area contributed by atoms with E-state index in [1.54, 1.807) is 12.1 Å². The lowest BCUT2D eigenvalue weighted by Crippen LogP contribution is -2.21. The Morgan fingerprint density at radius 2 is 1.56 bits per heavy atom. The van der Waals surface area contributed by atoms with Gasteiger partial charge in [-0.3, -0.25) is 4.79 Å². The average molecular weight is 302 g/mol. The van der Waals surface area contributed by atoms with E-state index in [9.17, 15) is 4.79 Å². The van der Waals surface area contributed by atoms with Gasteiger partial charge in [-0.25, -0.2) is 0 Å². The first-order chi connectivity index (χ1) is 8.66. The van der Waals surface area contributed by atoms with Crippen LogP contribution in [0, 0.1) is 0 Å². The first-order valence-electron chi connectivity index (χ1n) is 5.48. The van der Waals surface area contributed by atoms with Gasteiger partial charge >= 0.3 is 0 Å². The van der Waals surface area contributed by atoms with E-state index in [-0.39, 0.29) is 5.91 Å². The highest BCUT2D eigenvalue weighted by atomic mass is 79.9. The van der Waals surface area contributed by atoms with E-state index in [4.69, 9.17) is 0 Å². The number of halogens is 1. The molecule has 90 valence electrons. The van der Waals surface area contributed by atoms with E-state index in [1.165, 1.54) is 0 Å². The number of carbonyl (C=O) groups is 1. The first kappa shape index (κ1) is 12.6. The molecule has 2 aromatic carbocycles. The molecule has 0 heterocycles. The van der Waals surface area contributed by atoms with Crippen LogP contribution >= 0.6 is 15.9 Å². The largest absolute Gasteiger partial charge is 0.322 e. The quantitative estimate of drug-likeness (QED) is 0.916. The highest BCUT2D eigenvalue weighted by Crippen LogP contribution is 2.15. The third kappa shape index (κ3) is 3.08. The van der Waals surface area contributed by atoms with Crippen LogP contribution in [0.3, 0.4) is 0 Å². The lowest BCUT2D eigenvalue weighted by molar-refractivity contribution is 0.0974. The second-order valence-electron chi connectivity index (χ2n) is 3.81. The molecule has 0 atom stereocenters. The highest BCUT2D eigenvalue weighted by molar-refractivity contribution is 9.10. The van der Waals surface area contributed by atoms with E-state index >= 15 is 0 Å². The Morgan fingerprint density at radius 3 is 2.17 bits per heavy atom. The molecule has 0 radical (unpaired) electrons. The predicted molar refractivity (Wildman–Crippen MR) is 77.1 cm³/mol. The van der Waals surface area contributed by atoms with E-state index in [1.807, 2.05) is 42.5 Å². The molecule has 0 unspecified atom stereocenters. The van der Waals surface area contributed by atoms with E-state index in [0.29, 0.717) is 11.3 Å². The average Bonchev–Trinajstić information content (AvgIpc) is 2.40. The smallest absolute Gasteiger partial charge is 0.255 e. The maximum atomic E-state index is 11.9. The van der Waals surface area contributed by atoms with Crippen molar-refractivity contribution in [2.75, 3.05) is 0 Å². The lowest BCUT2D eigenvalue weighted by Gasteiger charge is -2.08. The third-order valence-electron chi connectivity index (χ3n) is 2.49. The van der Waals surface area contributed by atoms with Gasteiger partial charge in [0.05, 0.1) is 0 Å². The summed E-state index contributed by atoms with van der Waals surface area (Å²) in [5, 5.41) is 2.78. The van der Waals surface area contributed by atoms with Gasteiger partial charge in [0.25, 0.3) is 5.91 Å². The molecule has 1 amide bonds. The molecular formula is C15H12BrNO. The van der Waals surface area contributed by atoms with Crippen molar-refractivity contribution in [1.29, 1.82) is 0 Å². The summed E-state index contributed by atoms with van der Waals surface area (Å²) >= 11 is 3.37. The molecule has 2 rings (SSSR count). The molecule has 0 aliphatic carbocycles. The van der Waals surface area contributed by atoms with Crippen molar-refractivity contribution < 1.29 is 4.79 Å². The summed E-state index contributed by atoms with van der Waals surface area (Å²) in [7, 11) is 0. The monoisotopic (exact) mass is 301 g/mol. The van der Waals surface area contributed by atoms with Crippen LogP contribution in [0.25, 0.3) is 5.70 Å². The Labute approximate surface area is 114 Å². The molecule has 0 fully saturated rings. The molecule has 18 heavy (non-hydrogen) atoms. The van der Waals surface area contributed by atoms with Crippen LogP contribution in [0.4, 0.5) is 0 Å². The summed E-state index contributed by atoms with van der Waals surface area (Å²) in [5.74, 6) is -0.150. The molecule has 0 saturated carbocycles. The van der Waals surface area contributed by atoms with Gasteiger partial charge in [0.1, 0.15) is 0 Å². The van der Waals surface area contributed by atoms with Crippen LogP contribution in [0.5, 0.6) is 0 Å². The van der Waals surface area contributed by atoms with Crippen molar-refractivity contribution in [1.82, 2.24) is 5.32 Å². The van der Waals surface area contributed by atoms with E-state index < -0.39 is 0 Å². The van der Waals surface area contributed by atoms with Gasteiger partial charge in [0.2, 0.25) is 0 Å². The number of benzene rings is 2. The Bertz CT molecular complexity index is 561. The molecule has 2 nitrogen and oxygen atoms in total. The zero-order chi connectivity index (χ0) is 13.0. The van der Waals surface area contributed by atoms with Crippen molar-refractivity contribution >= 4 is 27.5 Å². The fourth-order valence-corrected chi connectivity index (χ4v) is 1.79. The zero-order valence-electron chi connectivity index (χ0n) is 9.69. The first-order valence-corrected chi connectivity index (χ1v) is 6.27. The minimum absolute atomic E-state index is 0.150. The van der Waals surface area contributed by atoms with Gasteiger partial charge in [-0.05, 0) is 29.8 Å². The Hall–Kier alpha value is -1.87. The summed E-state index contributed by atoms with van der Waals surface area (Å²) in [6.07, 6.45) is 0. The molecule has 3 heteroatoms. The molecule has 0 spiro atoms.